The monoisotopic (exact) mass is 354 g/mol. The molecule has 1 saturated heterocycles. The molecule has 0 saturated carbocycles. The maximum Gasteiger partial charge on any atom is 0.256 e. The minimum absolute atomic E-state index is 0.0441. The molecule has 1 amide bonds. The van der Waals surface area contributed by atoms with Gasteiger partial charge >= 0.3 is 0 Å². The van der Waals surface area contributed by atoms with E-state index in [0.717, 1.165) is 24.0 Å². The van der Waals surface area contributed by atoms with Crippen LogP contribution in [-0.4, -0.2) is 29.9 Å². The Labute approximate surface area is 155 Å². The van der Waals surface area contributed by atoms with E-state index in [2.05, 4.69) is 6.92 Å². The molecular weight excluding hydrogens is 327 g/mol. The van der Waals surface area contributed by atoms with Gasteiger partial charge in [-0.25, -0.2) is 4.39 Å². The van der Waals surface area contributed by atoms with Crippen LogP contribution in [0, 0.1) is 25.6 Å². The van der Waals surface area contributed by atoms with Crippen molar-refractivity contribution in [2.75, 3.05) is 13.1 Å². The molecule has 0 aliphatic carbocycles. The molecule has 2 aromatic rings. The molecule has 1 aliphatic heterocycles. The predicted octanol–water partition coefficient (Wildman–Crippen LogP) is 4.31. The van der Waals surface area contributed by atoms with Gasteiger partial charge in [0.2, 0.25) is 0 Å². The summed E-state index contributed by atoms with van der Waals surface area (Å²) in [7, 11) is 0. The van der Waals surface area contributed by atoms with Gasteiger partial charge in [-0.05, 0) is 73.9 Å². The first kappa shape index (κ1) is 18.6. The van der Waals surface area contributed by atoms with Gasteiger partial charge in [-0.1, -0.05) is 24.3 Å². The number of piperidine rings is 1. The number of hydrogen-bond donors (Lipinski definition) is 1. The van der Waals surface area contributed by atoms with Crippen LogP contribution < -0.4 is 5.73 Å². The number of nitrogens with zero attached hydrogens (tertiary/aromatic N) is 1. The van der Waals surface area contributed by atoms with Crippen LogP contribution in [0.1, 0.15) is 41.3 Å². The van der Waals surface area contributed by atoms with Crippen LogP contribution in [0.15, 0.2) is 36.4 Å². The lowest BCUT2D eigenvalue weighted by atomic mass is 9.91. The van der Waals surface area contributed by atoms with E-state index in [4.69, 9.17) is 5.73 Å². The van der Waals surface area contributed by atoms with Crippen LogP contribution in [0.2, 0.25) is 0 Å². The summed E-state index contributed by atoms with van der Waals surface area (Å²) in [6.45, 7) is 7.33. The Bertz CT molecular complexity index is 816. The molecule has 0 radical (unpaired) electrons. The lowest BCUT2D eigenvalue weighted by Gasteiger charge is -2.34. The van der Waals surface area contributed by atoms with E-state index in [-0.39, 0.29) is 23.4 Å². The van der Waals surface area contributed by atoms with E-state index in [1.807, 2.05) is 38.1 Å². The zero-order valence-corrected chi connectivity index (χ0v) is 15.8. The van der Waals surface area contributed by atoms with Crippen molar-refractivity contribution in [1.82, 2.24) is 4.90 Å². The molecule has 0 spiro atoms. The van der Waals surface area contributed by atoms with Crippen molar-refractivity contribution in [3.63, 3.8) is 0 Å². The SMILES string of the molecule is Cc1ccc(-c2ccc(C(=O)N3CCCC(C(C)N)C3)c(F)c2)cc1C. The highest BCUT2D eigenvalue weighted by Gasteiger charge is 2.27. The van der Waals surface area contributed by atoms with Crippen LogP contribution in [0.5, 0.6) is 0 Å². The summed E-state index contributed by atoms with van der Waals surface area (Å²) in [4.78, 5) is 14.5. The number of halogens is 1. The topological polar surface area (TPSA) is 46.3 Å². The molecule has 0 bridgehead atoms. The largest absolute Gasteiger partial charge is 0.338 e. The number of hydrogen-bond acceptors (Lipinski definition) is 2. The summed E-state index contributed by atoms with van der Waals surface area (Å²) in [5.74, 6) is -0.418. The number of aryl methyl sites for hydroxylation is 2. The summed E-state index contributed by atoms with van der Waals surface area (Å²) in [5, 5.41) is 0. The van der Waals surface area contributed by atoms with Crippen LogP contribution in [-0.2, 0) is 0 Å². The molecule has 2 unspecified atom stereocenters. The normalized spacial score (nSPS) is 18.7. The molecule has 1 aliphatic rings. The van der Waals surface area contributed by atoms with Gasteiger partial charge in [-0.2, -0.15) is 0 Å². The van der Waals surface area contributed by atoms with Crippen LogP contribution in [0.3, 0.4) is 0 Å². The maximum atomic E-state index is 14.7. The molecule has 3 nitrogen and oxygen atoms in total. The number of carbonyl (C=O) groups is 1. The van der Waals surface area contributed by atoms with Crippen molar-refractivity contribution < 1.29 is 9.18 Å². The molecule has 1 fully saturated rings. The lowest BCUT2D eigenvalue weighted by molar-refractivity contribution is 0.0656. The van der Waals surface area contributed by atoms with E-state index in [9.17, 15) is 9.18 Å². The minimum atomic E-state index is -0.464. The molecule has 26 heavy (non-hydrogen) atoms. The van der Waals surface area contributed by atoms with Gasteiger partial charge in [0.1, 0.15) is 5.82 Å². The zero-order chi connectivity index (χ0) is 18.8. The fraction of sp³-hybridized carbons (Fsp3) is 0.409. The molecule has 2 N–H and O–H groups in total. The standard InChI is InChI=1S/C22H27FN2O/c1-14-6-7-17(11-15(14)2)18-8-9-20(21(23)12-18)22(26)25-10-4-5-19(13-25)16(3)24/h6-9,11-12,16,19H,4-5,10,13,24H2,1-3H3. The minimum Gasteiger partial charge on any atom is -0.338 e. The second-order valence-corrected chi connectivity index (χ2v) is 7.51. The molecule has 138 valence electrons. The van der Waals surface area contributed by atoms with Gasteiger partial charge in [0.25, 0.3) is 5.91 Å². The summed E-state index contributed by atoms with van der Waals surface area (Å²) < 4.78 is 14.7. The van der Waals surface area contributed by atoms with Crippen molar-refractivity contribution in [3.05, 3.63) is 58.9 Å². The second kappa shape index (κ2) is 7.58. The fourth-order valence-electron chi connectivity index (χ4n) is 3.58. The van der Waals surface area contributed by atoms with E-state index >= 15 is 0 Å². The van der Waals surface area contributed by atoms with Gasteiger partial charge in [0.05, 0.1) is 5.56 Å². The molecule has 3 rings (SSSR count). The highest BCUT2D eigenvalue weighted by Crippen LogP contribution is 2.26. The Morgan fingerprint density at radius 3 is 2.50 bits per heavy atom. The number of carbonyl (C=O) groups excluding carboxylic acids is 1. The first-order valence-corrected chi connectivity index (χ1v) is 9.29. The van der Waals surface area contributed by atoms with Crippen molar-refractivity contribution in [2.45, 2.75) is 39.7 Å². The van der Waals surface area contributed by atoms with Crippen molar-refractivity contribution in [3.8, 4) is 11.1 Å². The third kappa shape index (κ3) is 3.80. The lowest BCUT2D eigenvalue weighted by Crippen LogP contribution is -2.45. The fourth-order valence-corrected chi connectivity index (χ4v) is 3.58. The van der Waals surface area contributed by atoms with E-state index in [1.54, 1.807) is 11.0 Å². The number of benzene rings is 2. The Morgan fingerprint density at radius 2 is 1.85 bits per heavy atom. The quantitative estimate of drug-likeness (QED) is 0.893. The predicted molar refractivity (Wildman–Crippen MR) is 104 cm³/mol. The summed E-state index contributed by atoms with van der Waals surface area (Å²) in [6, 6.07) is 11.0. The van der Waals surface area contributed by atoms with Crippen molar-refractivity contribution in [1.29, 1.82) is 0 Å². The van der Waals surface area contributed by atoms with Crippen LogP contribution in [0.4, 0.5) is 4.39 Å². The second-order valence-electron chi connectivity index (χ2n) is 7.51. The number of rotatable bonds is 3. The van der Waals surface area contributed by atoms with E-state index in [1.165, 1.54) is 17.2 Å². The van der Waals surface area contributed by atoms with E-state index < -0.39 is 5.82 Å². The van der Waals surface area contributed by atoms with Gasteiger partial charge in [-0.3, -0.25) is 4.79 Å². The van der Waals surface area contributed by atoms with Crippen molar-refractivity contribution >= 4 is 5.91 Å². The third-order valence-electron chi connectivity index (χ3n) is 5.53. The number of nitrogens with two attached hydrogens (primary N) is 1. The first-order chi connectivity index (χ1) is 12.4. The Balaban J connectivity index is 1.83. The molecule has 4 heteroatoms. The highest BCUT2D eigenvalue weighted by molar-refractivity contribution is 5.95. The Kier molecular flexibility index (Phi) is 5.42. The van der Waals surface area contributed by atoms with Gasteiger partial charge in [0.15, 0.2) is 0 Å². The van der Waals surface area contributed by atoms with Crippen molar-refractivity contribution in [2.24, 2.45) is 11.7 Å². The molecule has 1 heterocycles. The summed E-state index contributed by atoms with van der Waals surface area (Å²) >= 11 is 0. The number of likely N-dealkylation sites (tertiary alicyclic amines) is 1. The van der Waals surface area contributed by atoms with Gasteiger partial charge < -0.3 is 10.6 Å². The Hall–Kier alpha value is -2.20. The van der Waals surface area contributed by atoms with Gasteiger partial charge in [-0.15, -0.1) is 0 Å². The van der Waals surface area contributed by atoms with Crippen LogP contribution >= 0.6 is 0 Å². The highest BCUT2D eigenvalue weighted by atomic mass is 19.1. The third-order valence-corrected chi connectivity index (χ3v) is 5.53. The molecule has 2 atom stereocenters. The molecule has 0 aromatic heterocycles. The number of amides is 1. The Morgan fingerprint density at radius 1 is 1.15 bits per heavy atom. The zero-order valence-electron chi connectivity index (χ0n) is 15.8. The smallest absolute Gasteiger partial charge is 0.256 e. The van der Waals surface area contributed by atoms with Crippen LogP contribution in [0.25, 0.3) is 11.1 Å². The maximum absolute atomic E-state index is 14.7. The van der Waals surface area contributed by atoms with E-state index in [0.29, 0.717) is 13.1 Å². The summed E-state index contributed by atoms with van der Waals surface area (Å²) in [5.41, 5.74) is 10.2. The summed E-state index contributed by atoms with van der Waals surface area (Å²) in [6.07, 6.45) is 1.94. The molecule has 2 aromatic carbocycles. The molecular formula is C22H27FN2O. The average molecular weight is 354 g/mol. The van der Waals surface area contributed by atoms with Gasteiger partial charge in [0, 0.05) is 19.1 Å². The average Bonchev–Trinajstić information content (AvgIpc) is 2.63. The first-order valence-electron chi connectivity index (χ1n) is 9.29.